The van der Waals surface area contributed by atoms with Crippen molar-refractivity contribution < 1.29 is 14.3 Å². The Kier molecular flexibility index (Phi) is 7.00. The SMILES string of the molecule is COc1cccc(-c2cc(-c3ccccc3)nc3sc(C(=O)N4CCN(c5ccccc5)CC4)c(N)c23)c1OC. The fourth-order valence-corrected chi connectivity index (χ4v) is 6.39. The summed E-state index contributed by atoms with van der Waals surface area (Å²) in [6.45, 7) is 2.79. The first-order chi connectivity index (χ1) is 19.6. The van der Waals surface area contributed by atoms with E-state index in [9.17, 15) is 4.79 Å². The van der Waals surface area contributed by atoms with Gasteiger partial charge in [0, 0.05) is 53.9 Å². The van der Waals surface area contributed by atoms with Crippen LogP contribution in [0, 0.1) is 0 Å². The molecule has 0 spiro atoms. The third-order valence-corrected chi connectivity index (χ3v) is 8.43. The van der Waals surface area contributed by atoms with Gasteiger partial charge in [-0.05, 0) is 24.3 Å². The minimum absolute atomic E-state index is 0.0574. The average Bonchev–Trinajstić information content (AvgIpc) is 3.36. The van der Waals surface area contributed by atoms with Crippen molar-refractivity contribution in [3.8, 4) is 33.9 Å². The number of methoxy groups -OCH3 is 2. The lowest BCUT2D eigenvalue weighted by Gasteiger charge is -2.36. The molecule has 0 aliphatic carbocycles. The van der Waals surface area contributed by atoms with E-state index in [2.05, 4.69) is 17.0 Å². The number of hydrogen-bond acceptors (Lipinski definition) is 7. The lowest BCUT2D eigenvalue weighted by Crippen LogP contribution is -2.48. The van der Waals surface area contributed by atoms with Gasteiger partial charge in [-0.2, -0.15) is 0 Å². The molecule has 8 heteroatoms. The third kappa shape index (κ3) is 4.60. The molecule has 0 bridgehead atoms. The first-order valence-electron chi connectivity index (χ1n) is 13.2. The molecule has 0 unspecified atom stereocenters. The van der Waals surface area contributed by atoms with Crippen LogP contribution >= 0.6 is 11.3 Å². The van der Waals surface area contributed by atoms with Gasteiger partial charge in [0.2, 0.25) is 0 Å². The van der Waals surface area contributed by atoms with Crippen LogP contribution < -0.4 is 20.1 Å². The number of pyridine rings is 1. The van der Waals surface area contributed by atoms with E-state index in [1.165, 1.54) is 17.0 Å². The number of nitrogen functional groups attached to an aromatic ring is 1. The van der Waals surface area contributed by atoms with Crippen molar-refractivity contribution in [1.29, 1.82) is 0 Å². The smallest absolute Gasteiger partial charge is 0.266 e. The molecule has 6 rings (SSSR count). The zero-order chi connectivity index (χ0) is 27.6. The van der Waals surface area contributed by atoms with Crippen LogP contribution in [0.5, 0.6) is 11.5 Å². The molecule has 2 N–H and O–H groups in total. The van der Waals surface area contributed by atoms with Gasteiger partial charge in [-0.15, -0.1) is 11.3 Å². The highest BCUT2D eigenvalue weighted by molar-refractivity contribution is 7.21. The van der Waals surface area contributed by atoms with Gasteiger partial charge < -0.3 is 25.0 Å². The number of aromatic nitrogens is 1. The molecular weight excluding hydrogens is 520 g/mol. The summed E-state index contributed by atoms with van der Waals surface area (Å²) in [6.07, 6.45) is 0. The minimum atomic E-state index is -0.0574. The third-order valence-electron chi connectivity index (χ3n) is 7.34. The highest BCUT2D eigenvalue weighted by Gasteiger charge is 2.28. The Morgan fingerprint density at radius 2 is 1.55 bits per heavy atom. The predicted molar refractivity (Wildman–Crippen MR) is 163 cm³/mol. The van der Waals surface area contributed by atoms with E-state index in [0.29, 0.717) is 40.0 Å². The van der Waals surface area contributed by atoms with Gasteiger partial charge >= 0.3 is 0 Å². The van der Waals surface area contributed by atoms with Crippen LogP contribution in [0.25, 0.3) is 32.6 Å². The number of para-hydroxylation sites is 2. The Morgan fingerprint density at radius 3 is 2.23 bits per heavy atom. The van der Waals surface area contributed by atoms with E-state index in [4.69, 9.17) is 20.2 Å². The number of carbonyl (C=O) groups excluding carboxylic acids is 1. The quantitative estimate of drug-likeness (QED) is 0.271. The maximum Gasteiger partial charge on any atom is 0.266 e. The zero-order valence-corrected chi connectivity index (χ0v) is 23.3. The van der Waals surface area contributed by atoms with Crippen molar-refractivity contribution in [2.24, 2.45) is 0 Å². The molecule has 7 nitrogen and oxygen atoms in total. The minimum Gasteiger partial charge on any atom is -0.493 e. The Hall–Kier alpha value is -4.56. The number of nitrogens with zero attached hydrogens (tertiary/aromatic N) is 3. The van der Waals surface area contributed by atoms with Gasteiger partial charge in [-0.1, -0.05) is 60.7 Å². The first-order valence-corrected chi connectivity index (χ1v) is 14.0. The lowest BCUT2D eigenvalue weighted by atomic mass is 9.98. The molecule has 3 heterocycles. The van der Waals surface area contributed by atoms with Crippen LogP contribution in [-0.2, 0) is 0 Å². The molecule has 202 valence electrons. The normalized spacial score (nSPS) is 13.4. The summed E-state index contributed by atoms with van der Waals surface area (Å²) < 4.78 is 11.4. The Morgan fingerprint density at radius 1 is 0.850 bits per heavy atom. The van der Waals surface area contributed by atoms with Crippen molar-refractivity contribution >= 4 is 38.8 Å². The molecule has 0 saturated carbocycles. The number of thiophene rings is 1. The summed E-state index contributed by atoms with van der Waals surface area (Å²) in [4.78, 5) is 24.2. The maximum atomic E-state index is 13.8. The molecular formula is C32H30N4O3S. The fourth-order valence-electron chi connectivity index (χ4n) is 5.30. The van der Waals surface area contributed by atoms with Crippen LogP contribution in [0.1, 0.15) is 9.67 Å². The van der Waals surface area contributed by atoms with Gasteiger partial charge in [0.25, 0.3) is 5.91 Å². The van der Waals surface area contributed by atoms with Gasteiger partial charge in [0.15, 0.2) is 11.5 Å². The van der Waals surface area contributed by atoms with E-state index in [-0.39, 0.29) is 5.91 Å². The van der Waals surface area contributed by atoms with Crippen LogP contribution in [0.15, 0.2) is 84.9 Å². The number of hydrogen-bond donors (Lipinski definition) is 1. The van der Waals surface area contributed by atoms with E-state index in [0.717, 1.165) is 40.9 Å². The summed E-state index contributed by atoms with van der Waals surface area (Å²) in [5.74, 6) is 1.16. The number of benzene rings is 3. The first kappa shape index (κ1) is 25.7. The summed E-state index contributed by atoms with van der Waals surface area (Å²) in [7, 11) is 3.24. The summed E-state index contributed by atoms with van der Waals surface area (Å²) in [6, 6.07) is 28.1. The second kappa shape index (κ2) is 10.9. The van der Waals surface area contributed by atoms with Crippen LogP contribution in [0.3, 0.4) is 0 Å². The van der Waals surface area contributed by atoms with Crippen molar-refractivity contribution in [2.45, 2.75) is 0 Å². The van der Waals surface area contributed by atoms with E-state index in [1.807, 2.05) is 77.7 Å². The number of rotatable bonds is 6. The number of piperazine rings is 1. The van der Waals surface area contributed by atoms with Crippen molar-refractivity contribution in [3.05, 3.63) is 89.8 Å². The Labute approximate surface area is 237 Å². The van der Waals surface area contributed by atoms with Gasteiger partial charge in [0.05, 0.1) is 25.6 Å². The molecule has 1 aliphatic heterocycles. The Balaban J connectivity index is 1.43. The number of amides is 1. The zero-order valence-electron chi connectivity index (χ0n) is 22.5. The fraction of sp³-hybridized carbons (Fsp3) is 0.188. The highest BCUT2D eigenvalue weighted by atomic mass is 32.1. The Bertz CT molecular complexity index is 1660. The molecule has 1 fully saturated rings. The number of carbonyl (C=O) groups is 1. The number of ether oxygens (including phenoxy) is 2. The van der Waals surface area contributed by atoms with E-state index >= 15 is 0 Å². The maximum absolute atomic E-state index is 13.8. The summed E-state index contributed by atoms with van der Waals surface area (Å²) in [5, 5.41) is 0.752. The predicted octanol–water partition coefficient (Wildman–Crippen LogP) is 6.19. The van der Waals surface area contributed by atoms with Crippen molar-refractivity contribution in [1.82, 2.24) is 9.88 Å². The second-order valence-electron chi connectivity index (χ2n) is 9.60. The topological polar surface area (TPSA) is 80.9 Å². The van der Waals surface area contributed by atoms with E-state index < -0.39 is 0 Å². The second-order valence-corrected chi connectivity index (χ2v) is 10.6. The van der Waals surface area contributed by atoms with Crippen molar-refractivity contribution in [2.75, 3.05) is 51.0 Å². The van der Waals surface area contributed by atoms with Gasteiger partial charge in [-0.25, -0.2) is 4.98 Å². The molecule has 5 aromatic rings. The molecule has 1 amide bonds. The monoisotopic (exact) mass is 550 g/mol. The molecule has 1 saturated heterocycles. The molecule has 1 aliphatic rings. The van der Waals surface area contributed by atoms with Crippen LogP contribution in [-0.4, -0.2) is 56.2 Å². The molecule has 0 atom stereocenters. The summed E-state index contributed by atoms with van der Waals surface area (Å²) in [5.41, 5.74) is 11.9. The standard InChI is InChI=1S/C32H30N4O3S/c1-38-26-15-9-14-23(29(26)39-2)24-20-25(21-10-5-3-6-11-21)34-31-27(24)28(33)30(40-31)32(37)36-18-16-35(17-19-36)22-12-7-4-8-13-22/h3-15,20H,16-19,33H2,1-2H3. The van der Waals surface area contributed by atoms with Crippen LogP contribution in [0.2, 0.25) is 0 Å². The largest absolute Gasteiger partial charge is 0.493 e. The lowest BCUT2D eigenvalue weighted by molar-refractivity contribution is 0.0752. The van der Waals surface area contributed by atoms with E-state index in [1.54, 1.807) is 14.2 Å². The van der Waals surface area contributed by atoms with Crippen LogP contribution in [0.4, 0.5) is 11.4 Å². The van der Waals surface area contributed by atoms with Gasteiger partial charge in [-0.3, -0.25) is 4.79 Å². The summed E-state index contributed by atoms with van der Waals surface area (Å²) >= 11 is 1.35. The molecule has 2 aromatic heterocycles. The molecule has 0 radical (unpaired) electrons. The van der Waals surface area contributed by atoms with Crippen molar-refractivity contribution in [3.63, 3.8) is 0 Å². The van der Waals surface area contributed by atoms with Gasteiger partial charge in [0.1, 0.15) is 9.71 Å². The number of nitrogens with two attached hydrogens (primary N) is 1. The number of fused-ring (bicyclic) bond motifs is 1. The number of anilines is 2. The average molecular weight is 551 g/mol. The molecule has 3 aromatic carbocycles. The molecule has 40 heavy (non-hydrogen) atoms. The highest BCUT2D eigenvalue weighted by Crippen LogP contribution is 2.46.